The molecule has 0 aliphatic rings. The van der Waals surface area contributed by atoms with Crippen molar-refractivity contribution in [1.82, 2.24) is 0 Å². The summed E-state index contributed by atoms with van der Waals surface area (Å²) in [5.41, 5.74) is 0. The van der Waals surface area contributed by atoms with Crippen LogP contribution in [0, 0.1) is 0 Å². The minimum Gasteiger partial charge on any atom is -0.493 e. The predicted octanol–water partition coefficient (Wildman–Crippen LogP) is 4.19. The molecule has 0 aliphatic heterocycles. The Hall–Kier alpha value is -1.07. The van der Waals surface area contributed by atoms with Crippen molar-refractivity contribution in [3.05, 3.63) is 40.9 Å². The number of hydrogen-bond acceptors (Lipinski definition) is 3. The maximum absolute atomic E-state index is 12.0. The Balaban J connectivity index is 2.06. The van der Waals surface area contributed by atoms with Gasteiger partial charge in [0.2, 0.25) is 0 Å². The summed E-state index contributed by atoms with van der Waals surface area (Å²) in [5, 5.41) is 2.17. The Morgan fingerprint density at radius 3 is 2.33 bits per heavy atom. The van der Waals surface area contributed by atoms with Gasteiger partial charge in [0.05, 0.1) is 10.5 Å². The van der Waals surface area contributed by atoms with E-state index in [4.69, 9.17) is 4.74 Å². The normalized spacial score (nSPS) is 12.6. The molecule has 2 rings (SSSR count). The summed E-state index contributed by atoms with van der Waals surface area (Å²) >= 11 is 3.44. The number of fused-ring (bicyclic) bond motifs is 1. The smallest absolute Gasteiger partial charge is 0.158 e. The lowest BCUT2D eigenvalue weighted by molar-refractivity contribution is 0.340. The van der Waals surface area contributed by atoms with Crippen LogP contribution < -0.4 is 4.74 Å². The van der Waals surface area contributed by atoms with Gasteiger partial charge in [0.15, 0.2) is 9.84 Å². The molecule has 0 bridgehead atoms. The van der Waals surface area contributed by atoms with Crippen LogP contribution in [0.2, 0.25) is 0 Å². The van der Waals surface area contributed by atoms with Gasteiger partial charge < -0.3 is 4.74 Å². The second kappa shape index (κ2) is 5.97. The highest BCUT2D eigenvalue weighted by atomic mass is 79.9. The first-order chi connectivity index (χ1) is 9.69. The fourth-order valence-electron chi connectivity index (χ4n) is 1.86. The molecule has 2 aromatic carbocycles. The number of rotatable bonds is 4. The first kappa shape index (κ1) is 16.3. The molecule has 0 N–H and O–H groups in total. The van der Waals surface area contributed by atoms with Crippen LogP contribution >= 0.6 is 15.9 Å². The molecular formula is C16H19BrO3S. The molecule has 2 aromatic rings. The van der Waals surface area contributed by atoms with Gasteiger partial charge >= 0.3 is 0 Å². The Morgan fingerprint density at radius 1 is 1.05 bits per heavy atom. The standard InChI is InChI=1S/C16H19BrO3S/c1-16(2,3)21(18,19)9-8-20-15-7-5-12-10-14(17)6-4-13(12)11-15/h4-7,10-11H,8-9H2,1-3H3. The summed E-state index contributed by atoms with van der Waals surface area (Å²) in [6.07, 6.45) is 0. The van der Waals surface area contributed by atoms with E-state index in [-0.39, 0.29) is 12.4 Å². The lowest BCUT2D eigenvalue weighted by atomic mass is 10.1. The maximum atomic E-state index is 12.0. The number of ether oxygens (including phenoxy) is 1. The van der Waals surface area contributed by atoms with Gasteiger partial charge in [0, 0.05) is 4.47 Å². The zero-order valence-electron chi connectivity index (χ0n) is 12.4. The number of benzene rings is 2. The molecule has 0 saturated heterocycles. The van der Waals surface area contributed by atoms with Crippen molar-refractivity contribution in [3.63, 3.8) is 0 Å². The van der Waals surface area contributed by atoms with Gasteiger partial charge in [-0.2, -0.15) is 0 Å². The molecule has 21 heavy (non-hydrogen) atoms. The van der Waals surface area contributed by atoms with Gasteiger partial charge in [0.25, 0.3) is 0 Å². The van der Waals surface area contributed by atoms with Gasteiger partial charge in [-0.3, -0.25) is 0 Å². The number of halogens is 1. The van der Waals surface area contributed by atoms with Crippen LogP contribution in [-0.4, -0.2) is 25.5 Å². The fraction of sp³-hybridized carbons (Fsp3) is 0.375. The first-order valence-electron chi connectivity index (χ1n) is 6.73. The van der Waals surface area contributed by atoms with Crippen molar-refractivity contribution in [2.24, 2.45) is 0 Å². The van der Waals surface area contributed by atoms with Crippen molar-refractivity contribution in [3.8, 4) is 5.75 Å². The minimum absolute atomic E-state index is 0.0227. The topological polar surface area (TPSA) is 43.4 Å². The van der Waals surface area contributed by atoms with Crippen LogP contribution in [0.15, 0.2) is 40.9 Å². The van der Waals surface area contributed by atoms with Crippen molar-refractivity contribution >= 4 is 36.5 Å². The van der Waals surface area contributed by atoms with E-state index in [2.05, 4.69) is 15.9 Å². The molecule has 0 saturated carbocycles. The van der Waals surface area contributed by atoms with Crippen LogP contribution in [0.5, 0.6) is 5.75 Å². The zero-order valence-corrected chi connectivity index (χ0v) is 14.8. The van der Waals surface area contributed by atoms with Crippen molar-refractivity contribution in [2.75, 3.05) is 12.4 Å². The Morgan fingerprint density at radius 2 is 1.67 bits per heavy atom. The summed E-state index contributed by atoms with van der Waals surface area (Å²) in [4.78, 5) is 0. The Kier molecular flexibility index (Phi) is 4.63. The molecule has 0 fully saturated rings. The third kappa shape index (κ3) is 3.98. The number of hydrogen-bond donors (Lipinski definition) is 0. The van der Waals surface area contributed by atoms with E-state index in [1.54, 1.807) is 20.8 Å². The van der Waals surface area contributed by atoms with Crippen LogP contribution in [0.4, 0.5) is 0 Å². The Bertz CT molecular complexity index is 746. The van der Waals surface area contributed by atoms with Crippen LogP contribution in [-0.2, 0) is 9.84 Å². The second-order valence-corrected chi connectivity index (χ2v) is 9.71. The summed E-state index contributed by atoms with van der Waals surface area (Å²) < 4.78 is 29.9. The SMILES string of the molecule is CC(C)(C)S(=O)(=O)CCOc1ccc2cc(Br)ccc2c1. The average Bonchev–Trinajstić information content (AvgIpc) is 2.37. The summed E-state index contributed by atoms with van der Waals surface area (Å²) in [6, 6.07) is 11.7. The zero-order chi connectivity index (χ0) is 15.7. The third-order valence-corrected chi connectivity index (χ3v) is 6.39. The van der Waals surface area contributed by atoms with E-state index in [0.29, 0.717) is 5.75 Å². The summed E-state index contributed by atoms with van der Waals surface area (Å²) in [5.74, 6) is 0.712. The van der Waals surface area contributed by atoms with Gasteiger partial charge in [-0.25, -0.2) is 8.42 Å². The molecule has 3 nitrogen and oxygen atoms in total. The second-order valence-electron chi connectivity index (χ2n) is 5.93. The number of sulfone groups is 1. The highest BCUT2D eigenvalue weighted by molar-refractivity contribution is 9.10. The molecule has 0 heterocycles. The lowest BCUT2D eigenvalue weighted by Gasteiger charge is -2.19. The van der Waals surface area contributed by atoms with Crippen molar-refractivity contribution < 1.29 is 13.2 Å². The van der Waals surface area contributed by atoms with Gasteiger partial charge in [-0.15, -0.1) is 0 Å². The first-order valence-corrected chi connectivity index (χ1v) is 9.18. The van der Waals surface area contributed by atoms with E-state index in [0.717, 1.165) is 15.2 Å². The van der Waals surface area contributed by atoms with E-state index in [1.165, 1.54) is 0 Å². The highest BCUT2D eigenvalue weighted by Gasteiger charge is 2.28. The van der Waals surface area contributed by atoms with E-state index in [9.17, 15) is 8.42 Å². The maximum Gasteiger partial charge on any atom is 0.158 e. The van der Waals surface area contributed by atoms with Crippen LogP contribution in [0.1, 0.15) is 20.8 Å². The minimum atomic E-state index is -3.15. The van der Waals surface area contributed by atoms with E-state index in [1.807, 2.05) is 36.4 Å². The van der Waals surface area contributed by atoms with E-state index < -0.39 is 14.6 Å². The van der Waals surface area contributed by atoms with Gasteiger partial charge in [-0.1, -0.05) is 28.1 Å². The molecule has 5 heteroatoms. The molecule has 0 atom stereocenters. The third-order valence-electron chi connectivity index (χ3n) is 3.33. The molecule has 0 aliphatic carbocycles. The van der Waals surface area contributed by atoms with Crippen LogP contribution in [0.3, 0.4) is 0 Å². The summed E-state index contributed by atoms with van der Waals surface area (Å²) in [7, 11) is -3.15. The molecule has 0 aromatic heterocycles. The largest absolute Gasteiger partial charge is 0.493 e. The molecule has 0 spiro atoms. The Labute approximate surface area is 134 Å². The molecule has 0 amide bonds. The van der Waals surface area contributed by atoms with Crippen molar-refractivity contribution in [1.29, 1.82) is 0 Å². The van der Waals surface area contributed by atoms with E-state index >= 15 is 0 Å². The van der Waals surface area contributed by atoms with Gasteiger partial charge in [-0.05, 0) is 55.8 Å². The predicted molar refractivity (Wildman–Crippen MR) is 90.7 cm³/mol. The molecule has 0 unspecified atom stereocenters. The summed E-state index contributed by atoms with van der Waals surface area (Å²) in [6.45, 7) is 5.28. The fourth-order valence-corrected chi connectivity index (χ4v) is 3.15. The molecular weight excluding hydrogens is 352 g/mol. The quantitative estimate of drug-likeness (QED) is 0.809. The molecule has 0 radical (unpaired) electrons. The van der Waals surface area contributed by atoms with Gasteiger partial charge in [0.1, 0.15) is 12.4 Å². The molecule has 114 valence electrons. The van der Waals surface area contributed by atoms with Crippen LogP contribution in [0.25, 0.3) is 10.8 Å². The lowest BCUT2D eigenvalue weighted by Crippen LogP contribution is -2.32. The highest BCUT2D eigenvalue weighted by Crippen LogP contribution is 2.24. The average molecular weight is 371 g/mol. The van der Waals surface area contributed by atoms with Crippen molar-refractivity contribution in [2.45, 2.75) is 25.5 Å². The monoisotopic (exact) mass is 370 g/mol.